The maximum atomic E-state index is 13.6. The molecule has 10 nitrogen and oxygen atoms in total. The zero-order chi connectivity index (χ0) is 31.8. The minimum Gasteiger partial charge on any atom is -1.00 e. The predicted molar refractivity (Wildman–Crippen MR) is 157 cm³/mol. The Labute approximate surface area is 271 Å². The summed E-state index contributed by atoms with van der Waals surface area (Å²) in [5.74, 6) is -0.766. The van der Waals surface area contributed by atoms with Gasteiger partial charge in [-0.1, -0.05) is 12.1 Å². The number of nitrogens with one attached hydrogen (secondary N) is 1. The number of carbonyl (C=O) groups excluding carboxylic acids is 1. The number of aromatic amines is 1. The van der Waals surface area contributed by atoms with E-state index in [1.165, 1.54) is 28.7 Å². The fourth-order valence-electron chi connectivity index (χ4n) is 5.44. The highest BCUT2D eigenvalue weighted by Crippen LogP contribution is 2.43. The van der Waals surface area contributed by atoms with Crippen molar-refractivity contribution in [3.05, 3.63) is 103 Å². The monoisotopic (exact) mass is 703 g/mol. The molecule has 0 spiro atoms. The van der Waals surface area contributed by atoms with Gasteiger partial charge in [-0.15, -0.1) is 16.4 Å². The van der Waals surface area contributed by atoms with E-state index in [4.69, 9.17) is 4.74 Å². The van der Waals surface area contributed by atoms with Gasteiger partial charge in [0.2, 0.25) is 5.95 Å². The number of nitriles is 1. The molecule has 45 heavy (non-hydrogen) atoms. The van der Waals surface area contributed by atoms with Crippen LogP contribution in [-0.2, 0) is 28.7 Å². The zero-order valence-electron chi connectivity index (χ0n) is 24.7. The highest BCUT2D eigenvalue weighted by atomic mass is 79.9. The Balaban J connectivity index is 0.00000461. The van der Waals surface area contributed by atoms with E-state index < -0.39 is 29.4 Å². The second-order valence-electron chi connectivity index (χ2n) is 11.0. The number of carbonyl (C=O) groups is 1. The first-order valence-electron chi connectivity index (χ1n) is 13.5. The molecule has 15 heteroatoms. The van der Waals surface area contributed by atoms with E-state index >= 15 is 0 Å². The van der Waals surface area contributed by atoms with Gasteiger partial charge in [0.05, 0.1) is 50.5 Å². The third-order valence-electron chi connectivity index (χ3n) is 7.58. The molecular weight excluding hydrogens is 675 g/mol. The number of aromatic nitrogens is 4. The molecular formula is C30H29BrF3N7O3S. The third-order valence-corrected chi connectivity index (χ3v) is 8.34. The summed E-state index contributed by atoms with van der Waals surface area (Å²) in [6.07, 6.45) is -2.39. The molecule has 1 atom stereocenters. The van der Waals surface area contributed by atoms with E-state index in [9.17, 15) is 28.0 Å². The van der Waals surface area contributed by atoms with Gasteiger partial charge in [0.15, 0.2) is 0 Å². The van der Waals surface area contributed by atoms with Crippen LogP contribution in [0, 0.1) is 11.3 Å². The lowest BCUT2D eigenvalue weighted by Gasteiger charge is -2.36. The van der Waals surface area contributed by atoms with Crippen molar-refractivity contribution < 1.29 is 44.2 Å². The van der Waals surface area contributed by atoms with Crippen molar-refractivity contribution in [3.8, 4) is 6.07 Å². The number of H-pyrrole nitrogens is 1. The smallest absolute Gasteiger partial charge is 0.416 e. The van der Waals surface area contributed by atoms with Crippen molar-refractivity contribution in [2.75, 3.05) is 32.6 Å². The Morgan fingerprint density at radius 1 is 1.22 bits per heavy atom. The van der Waals surface area contributed by atoms with Gasteiger partial charge < -0.3 is 26.2 Å². The minimum atomic E-state index is -4.62. The quantitative estimate of drug-likeness (QED) is 0.220. The molecule has 0 fully saturated rings. The van der Waals surface area contributed by atoms with Crippen molar-refractivity contribution in [2.45, 2.75) is 32.1 Å². The van der Waals surface area contributed by atoms with Crippen LogP contribution in [0.1, 0.15) is 40.2 Å². The number of hydrogen-bond donors (Lipinski definition) is 1. The van der Waals surface area contributed by atoms with Crippen molar-refractivity contribution >= 4 is 28.9 Å². The molecule has 1 unspecified atom stereocenters. The number of fused-ring (bicyclic) bond motifs is 1. The number of thiazole rings is 1. The molecule has 236 valence electrons. The molecule has 4 aromatic rings. The van der Waals surface area contributed by atoms with Crippen LogP contribution < -0.4 is 27.6 Å². The molecule has 3 heterocycles. The molecule has 0 bridgehead atoms. The van der Waals surface area contributed by atoms with Crippen molar-refractivity contribution in [3.63, 3.8) is 0 Å². The van der Waals surface area contributed by atoms with Gasteiger partial charge in [0.25, 0.3) is 0 Å². The number of allylic oxidation sites excluding steroid dienone is 1. The van der Waals surface area contributed by atoms with Gasteiger partial charge in [0, 0.05) is 29.4 Å². The van der Waals surface area contributed by atoms with Crippen LogP contribution in [0.25, 0.3) is 0 Å². The van der Waals surface area contributed by atoms with Gasteiger partial charge >= 0.3 is 17.8 Å². The molecule has 0 saturated carbocycles. The first kappa shape index (κ1) is 33.6. The molecule has 0 saturated heterocycles. The zero-order valence-corrected chi connectivity index (χ0v) is 27.1. The first-order chi connectivity index (χ1) is 20.8. The Morgan fingerprint density at radius 2 is 1.98 bits per heavy atom. The average Bonchev–Trinajstić information content (AvgIpc) is 3.63. The number of benzene rings is 2. The summed E-state index contributed by atoms with van der Waals surface area (Å²) in [6, 6.07) is 10.7. The lowest BCUT2D eigenvalue weighted by molar-refractivity contribution is -0.903. The van der Waals surface area contributed by atoms with E-state index in [1.54, 1.807) is 42.7 Å². The second-order valence-corrected chi connectivity index (χ2v) is 12.0. The van der Waals surface area contributed by atoms with Crippen molar-refractivity contribution in [1.29, 1.82) is 5.26 Å². The topological polar surface area (TPSA) is 117 Å². The molecule has 1 N–H and O–H groups in total. The maximum absolute atomic E-state index is 13.6. The molecule has 0 aliphatic carbocycles. The number of anilines is 2. The van der Waals surface area contributed by atoms with Crippen LogP contribution >= 0.6 is 11.3 Å². The van der Waals surface area contributed by atoms with E-state index in [0.717, 1.165) is 22.7 Å². The standard InChI is InChI=1S/C30H28F3N7O3S.BrH/c1-18-25(27(41)43-4)26(39-28(36-37-29(39)42)38(18)22-7-5-6-21(15-22)30(31,32)33)23-9-8-19(16-34)14-20(23)10-12-40(2,3)17-24-35-11-13-44-24;/h5-9,11,13-15,26H,10,12,17H2,1-4H3;1H. The van der Waals surface area contributed by atoms with Gasteiger partial charge in [-0.2, -0.15) is 18.4 Å². The number of halogens is 4. The summed E-state index contributed by atoms with van der Waals surface area (Å²) in [5, 5.41) is 19.1. The number of quaternary nitrogens is 1. The largest absolute Gasteiger partial charge is 1.00 e. The molecule has 1 aliphatic heterocycles. The summed E-state index contributed by atoms with van der Waals surface area (Å²) in [6.45, 7) is 2.88. The summed E-state index contributed by atoms with van der Waals surface area (Å²) in [7, 11) is 5.32. The van der Waals surface area contributed by atoms with E-state index in [1.807, 2.05) is 5.38 Å². The summed E-state index contributed by atoms with van der Waals surface area (Å²) in [4.78, 5) is 32.5. The number of hydrogen-bond acceptors (Lipinski definition) is 8. The first-order valence-corrected chi connectivity index (χ1v) is 14.4. The maximum Gasteiger partial charge on any atom is 0.416 e. The molecule has 2 aromatic carbocycles. The van der Waals surface area contributed by atoms with Crippen LogP contribution in [0.15, 0.2) is 70.1 Å². The molecule has 0 amide bonds. The second kappa shape index (κ2) is 13.0. The van der Waals surface area contributed by atoms with E-state index in [2.05, 4.69) is 35.3 Å². The molecule has 5 rings (SSSR count). The minimum absolute atomic E-state index is 0. The van der Waals surface area contributed by atoms with Crippen molar-refractivity contribution in [2.24, 2.45) is 0 Å². The van der Waals surface area contributed by atoms with Gasteiger partial charge in [-0.3, -0.25) is 4.90 Å². The average molecular weight is 705 g/mol. The number of ether oxygens (including phenoxy) is 1. The lowest BCUT2D eigenvalue weighted by Crippen LogP contribution is -3.00. The normalized spacial score (nSPS) is 14.9. The molecule has 2 aromatic heterocycles. The van der Waals surface area contributed by atoms with Crippen LogP contribution in [0.2, 0.25) is 0 Å². The van der Waals surface area contributed by atoms with Crippen LogP contribution in [0.5, 0.6) is 0 Å². The van der Waals surface area contributed by atoms with Crippen molar-refractivity contribution in [1.82, 2.24) is 19.7 Å². The predicted octanol–water partition coefficient (Wildman–Crippen LogP) is 1.93. The Bertz CT molecular complexity index is 1840. The van der Waals surface area contributed by atoms with Gasteiger partial charge in [0.1, 0.15) is 17.6 Å². The fourth-order valence-corrected chi connectivity index (χ4v) is 6.26. The number of rotatable bonds is 8. The number of methoxy groups -OCH3 is 1. The Kier molecular flexibility index (Phi) is 9.71. The highest BCUT2D eigenvalue weighted by molar-refractivity contribution is 7.09. The highest BCUT2D eigenvalue weighted by Gasteiger charge is 2.41. The van der Waals surface area contributed by atoms with Gasteiger partial charge in [-0.05, 0) is 48.4 Å². The summed E-state index contributed by atoms with van der Waals surface area (Å²) < 4.78 is 47.9. The lowest BCUT2D eigenvalue weighted by atomic mass is 9.89. The summed E-state index contributed by atoms with van der Waals surface area (Å²) in [5.41, 5.74) is 0.444. The fraction of sp³-hybridized carbons (Fsp3) is 0.300. The Hall–Kier alpha value is -4.26. The third kappa shape index (κ3) is 6.73. The summed E-state index contributed by atoms with van der Waals surface area (Å²) >= 11 is 1.56. The molecule has 1 aliphatic rings. The molecule has 0 radical (unpaired) electrons. The number of nitrogens with zero attached hydrogens (tertiary/aromatic N) is 6. The Morgan fingerprint density at radius 3 is 2.62 bits per heavy atom. The van der Waals surface area contributed by atoms with Crippen LogP contribution in [0.4, 0.5) is 24.8 Å². The SMILES string of the molecule is COC(=O)C1=C(C)N(c2cccc(C(F)(F)F)c2)c2n[nH]c(=O)n2C1c1ccc(C#N)cc1CC[N+](C)(C)Cc1nccs1.[Br-]. The number of alkyl halides is 3. The van der Waals surface area contributed by atoms with Crippen LogP contribution in [0.3, 0.4) is 0 Å². The van der Waals surface area contributed by atoms with Crippen LogP contribution in [-0.4, -0.2) is 58.0 Å². The number of likely N-dealkylation sites (N-methyl/N-ethyl adjacent to an activating group) is 1. The van der Waals surface area contributed by atoms with Gasteiger partial charge in [-0.25, -0.2) is 24.2 Å². The number of esters is 1. The van der Waals surface area contributed by atoms with E-state index in [-0.39, 0.29) is 39.9 Å². The van der Waals surface area contributed by atoms with E-state index in [0.29, 0.717) is 35.1 Å².